The Morgan fingerprint density at radius 3 is 1.40 bits per heavy atom. The van der Waals surface area contributed by atoms with E-state index in [4.69, 9.17) is 10.2 Å². The third-order valence-electron chi connectivity index (χ3n) is 1.63. The van der Waals surface area contributed by atoms with Crippen molar-refractivity contribution < 1.29 is 40.9 Å². The standard InChI is InChI=1S/C6H7F7O2/c7-4(5(8,9)10,6(11,12)13)1-3(15)2-14/h3,14-15H,1-2H2. The largest absolute Gasteiger partial charge is 0.431 e. The lowest BCUT2D eigenvalue weighted by atomic mass is 9.97. The summed E-state index contributed by atoms with van der Waals surface area (Å²) in [6.07, 6.45) is -17.1. The van der Waals surface area contributed by atoms with E-state index in [1.807, 2.05) is 0 Å². The molecule has 9 heteroatoms. The van der Waals surface area contributed by atoms with Crippen LogP contribution in [0.2, 0.25) is 0 Å². The molecule has 0 aliphatic carbocycles. The summed E-state index contributed by atoms with van der Waals surface area (Å²) >= 11 is 0. The van der Waals surface area contributed by atoms with E-state index < -0.39 is 37.2 Å². The van der Waals surface area contributed by atoms with Crippen molar-refractivity contribution in [1.29, 1.82) is 0 Å². The van der Waals surface area contributed by atoms with Gasteiger partial charge in [0.25, 0.3) is 0 Å². The van der Waals surface area contributed by atoms with Crippen LogP contribution in [-0.2, 0) is 0 Å². The Balaban J connectivity index is 5.06. The number of halogens is 7. The molecule has 0 amide bonds. The number of alkyl halides is 7. The highest BCUT2D eigenvalue weighted by Gasteiger charge is 2.72. The molecule has 0 heterocycles. The van der Waals surface area contributed by atoms with Crippen molar-refractivity contribution in [2.75, 3.05) is 6.61 Å². The van der Waals surface area contributed by atoms with Crippen LogP contribution in [0.3, 0.4) is 0 Å². The first-order valence-corrected chi connectivity index (χ1v) is 3.57. The maximum Gasteiger partial charge on any atom is 0.431 e. The van der Waals surface area contributed by atoms with Crippen molar-refractivity contribution in [3.8, 4) is 0 Å². The first kappa shape index (κ1) is 14.4. The minimum Gasteiger partial charge on any atom is -0.394 e. The average molecular weight is 244 g/mol. The van der Waals surface area contributed by atoms with E-state index in [0.717, 1.165) is 0 Å². The molecule has 0 rings (SSSR count). The molecule has 0 spiro atoms. The van der Waals surface area contributed by atoms with Crippen molar-refractivity contribution in [3.05, 3.63) is 0 Å². The first-order valence-electron chi connectivity index (χ1n) is 3.57. The summed E-state index contributed by atoms with van der Waals surface area (Å²) in [5.74, 6) is 0. The minimum absolute atomic E-state index is 1.39. The molecule has 0 aromatic heterocycles. The molecule has 92 valence electrons. The van der Waals surface area contributed by atoms with Crippen LogP contribution in [0.4, 0.5) is 30.7 Å². The van der Waals surface area contributed by atoms with Gasteiger partial charge in [0.15, 0.2) is 0 Å². The second kappa shape index (κ2) is 4.12. The normalized spacial score (nSPS) is 16.6. The summed E-state index contributed by atoms with van der Waals surface area (Å²) in [6, 6.07) is 0. The van der Waals surface area contributed by atoms with Crippen molar-refractivity contribution >= 4 is 0 Å². The number of aliphatic hydroxyl groups excluding tert-OH is 2. The summed E-state index contributed by atoms with van der Waals surface area (Å²) in [4.78, 5) is 0. The molecule has 0 saturated carbocycles. The molecular formula is C6H7F7O2. The van der Waals surface area contributed by atoms with E-state index in [9.17, 15) is 30.7 Å². The van der Waals surface area contributed by atoms with E-state index in [1.54, 1.807) is 0 Å². The molecule has 0 aromatic carbocycles. The van der Waals surface area contributed by atoms with Crippen LogP contribution in [0, 0.1) is 0 Å². The lowest BCUT2D eigenvalue weighted by Crippen LogP contribution is -2.55. The van der Waals surface area contributed by atoms with E-state index in [2.05, 4.69) is 0 Å². The van der Waals surface area contributed by atoms with E-state index in [1.165, 1.54) is 0 Å². The fourth-order valence-electron chi connectivity index (χ4n) is 0.781. The molecule has 0 saturated heterocycles. The molecule has 0 radical (unpaired) electrons. The van der Waals surface area contributed by atoms with Gasteiger partial charge in [-0.25, -0.2) is 4.39 Å². The molecule has 0 fully saturated rings. The highest BCUT2D eigenvalue weighted by Crippen LogP contribution is 2.48. The number of hydrogen-bond donors (Lipinski definition) is 2. The van der Waals surface area contributed by atoms with Crippen LogP contribution in [0.5, 0.6) is 0 Å². The van der Waals surface area contributed by atoms with Crippen LogP contribution < -0.4 is 0 Å². The van der Waals surface area contributed by atoms with Gasteiger partial charge in [-0.15, -0.1) is 0 Å². The zero-order chi connectivity index (χ0) is 12.5. The van der Waals surface area contributed by atoms with Gasteiger partial charge < -0.3 is 10.2 Å². The van der Waals surface area contributed by atoms with Gasteiger partial charge in [0.2, 0.25) is 0 Å². The predicted molar refractivity (Wildman–Crippen MR) is 33.7 cm³/mol. The Morgan fingerprint density at radius 2 is 1.20 bits per heavy atom. The smallest absolute Gasteiger partial charge is 0.394 e. The number of hydrogen-bond acceptors (Lipinski definition) is 2. The molecule has 0 bridgehead atoms. The lowest BCUT2D eigenvalue weighted by Gasteiger charge is -2.31. The molecular weight excluding hydrogens is 237 g/mol. The Morgan fingerprint density at radius 1 is 0.867 bits per heavy atom. The maximum absolute atomic E-state index is 12.7. The van der Waals surface area contributed by atoms with Gasteiger partial charge in [0.05, 0.1) is 12.7 Å². The third kappa shape index (κ3) is 2.94. The summed E-state index contributed by atoms with van der Waals surface area (Å²) in [5.41, 5.74) is -5.51. The van der Waals surface area contributed by atoms with Crippen LogP contribution in [0.25, 0.3) is 0 Å². The van der Waals surface area contributed by atoms with Gasteiger partial charge in [0, 0.05) is 6.42 Å². The van der Waals surface area contributed by atoms with E-state index in [-0.39, 0.29) is 0 Å². The van der Waals surface area contributed by atoms with Crippen molar-refractivity contribution in [2.24, 2.45) is 0 Å². The number of rotatable bonds is 3. The molecule has 1 atom stereocenters. The summed E-state index contributed by atoms with van der Waals surface area (Å²) in [7, 11) is 0. The van der Waals surface area contributed by atoms with Crippen LogP contribution in [-0.4, -0.2) is 40.9 Å². The zero-order valence-corrected chi connectivity index (χ0v) is 7.03. The molecule has 2 N–H and O–H groups in total. The fourth-order valence-corrected chi connectivity index (χ4v) is 0.781. The molecule has 0 aliphatic rings. The Kier molecular flexibility index (Phi) is 3.97. The highest BCUT2D eigenvalue weighted by atomic mass is 19.4. The quantitative estimate of drug-likeness (QED) is 0.739. The average Bonchev–Trinajstić information content (AvgIpc) is 1.99. The number of aliphatic hydroxyl groups is 2. The van der Waals surface area contributed by atoms with Gasteiger partial charge >= 0.3 is 18.0 Å². The van der Waals surface area contributed by atoms with Crippen LogP contribution in [0.1, 0.15) is 6.42 Å². The maximum atomic E-state index is 12.7. The van der Waals surface area contributed by atoms with Gasteiger partial charge in [-0.2, -0.15) is 26.3 Å². The topological polar surface area (TPSA) is 40.5 Å². The van der Waals surface area contributed by atoms with Gasteiger partial charge in [-0.1, -0.05) is 0 Å². The van der Waals surface area contributed by atoms with Gasteiger partial charge in [-0.05, 0) is 0 Å². The van der Waals surface area contributed by atoms with Gasteiger partial charge in [-0.3, -0.25) is 0 Å². The zero-order valence-electron chi connectivity index (χ0n) is 7.03. The van der Waals surface area contributed by atoms with Crippen LogP contribution >= 0.6 is 0 Å². The molecule has 15 heavy (non-hydrogen) atoms. The lowest BCUT2D eigenvalue weighted by molar-refractivity contribution is -0.347. The molecule has 0 aromatic rings. The highest BCUT2D eigenvalue weighted by molar-refractivity contribution is 4.96. The molecule has 2 nitrogen and oxygen atoms in total. The van der Waals surface area contributed by atoms with Gasteiger partial charge in [0.1, 0.15) is 0 Å². The second-order valence-corrected chi connectivity index (χ2v) is 2.84. The summed E-state index contributed by atoms with van der Waals surface area (Å²) < 4.78 is 83.6. The monoisotopic (exact) mass is 244 g/mol. The predicted octanol–water partition coefficient (Wildman–Crippen LogP) is 1.56. The van der Waals surface area contributed by atoms with Crippen molar-refractivity contribution in [2.45, 2.75) is 30.5 Å². The van der Waals surface area contributed by atoms with E-state index >= 15 is 0 Å². The SMILES string of the molecule is OCC(O)CC(F)(C(F)(F)F)C(F)(F)F. The van der Waals surface area contributed by atoms with E-state index in [0.29, 0.717) is 0 Å². The Bertz CT molecular complexity index is 195. The fraction of sp³-hybridized carbons (Fsp3) is 1.00. The molecule has 1 unspecified atom stereocenters. The first-order chi connectivity index (χ1) is 6.45. The molecule has 0 aliphatic heterocycles. The second-order valence-electron chi connectivity index (χ2n) is 2.84. The minimum atomic E-state index is -6.19. The summed E-state index contributed by atoms with van der Waals surface area (Å²) in [5, 5.41) is 16.5. The van der Waals surface area contributed by atoms with Crippen molar-refractivity contribution in [3.63, 3.8) is 0 Å². The van der Waals surface area contributed by atoms with Crippen LogP contribution in [0.15, 0.2) is 0 Å². The Hall–Kier alpha value is -0.570. The third-order valence-corrected chi connectivity index (χ3v) is 1.63. The Labute approximate surface area is 79.3 Å². The summed E-state index contributed by atoms with van der Waals surface area (Å²) in [6.45, 7) is -1.39. The van der Waals surface area contributed by atoms with Crippen molar-refractivity contribution in [1.82, 2.24) is 0 Å².